The first-order valence-electron chi connectivity index (χ1n) is 6.91. The van der Waals surface area contributed by atoms with Crippen LogP contribution < -0.4 is 4.72 Å². The van der Waals surface area contributed by atoms with Crippen LogP contribution in [0.2, 0.25) is 5.02 Å². The maximum absolute atomic E-state index is 12.4. The van der Waals surface area contributed by atoms with Gasteiger partial charge in [-0.15, -0.1) is 11.8 Å². The summed E-state index contributed by atoms with van der Waals surface area (Å²) in [7, 11) is -3.73. The highest BCUT2D eigenvalue weighted by Gasteiger charge is 2.19. The number of thioether (sulfide) groups is 1. The van der Waals surface area contributed by atoms with Gasteiger partial charge in [-0.05, 0) is 48.6 Å². The molecule has 0 bridgehead atoms. The van der Waals surface area contributed by atoms with Crippen LogP contribution in [0, 0.1) is 6.92 Å². The lowest BCUT2D eigenvalue weighted by Crippen LogP contribution is -2.29. The molecule has 0 aliphatic carbocycles. The average molecular weight is 372 g/mol. The third kappa shape index (κ3) is 4.71. The Bertz CT molecular complexity index is 776. The number of benzene rings is 2. The van der Waals surface area contributed by atoms with E-state index in [9.17, 15) is 13.5 Å². The predicted octanol–water partition coefficient (Wildman–Crippen LogP) is 3.38. The topological polar surface area (TPSA) is 66.4 Å². The molecular weight excluding hydrogens is 354 g/mol. The van der Waals surface area contributed by atoms with Crippen LogP contribution in [0.1, 0.15) is 17.2 Å². The van der Waals surface area contributed by atoms with Crippen molar-refractivity contribution in [1.29, 1.82) is 0 Å². The zero-order chi connectivity index (χ0) is 17.0. The highest BCUT2D eigenvalue weighted by molar-refractivity contribution is 7.98. The monoisotopic (exact) mass is 371 g/mol. The van der Waals surface area contributed by atoms with Crippen molar-refractivity contribution in [2.75, 3.05) is 12.8 Å². The summed E-state index contributed by atoms with van der Waals surface area (Å²) in [6.45, 7) is 1.59. The van der Waals surface area contributed by atoms with E-state index in [1.54, 1.807) is 43.0 Å². The number of hydrogen-bond donors (Lipinski definition) is 2. The second kappa shape index (κ2) is 7.68. The molecule has 0 aliphatic rings. The number of rotatable bonds is 6. The Kier molecular flexibility index (Phi) is 6.11. The fourth-order valence-corrected chi connectivity index (χ4v) is 4.03. The van der Waals surface area contributed by atoms with Crippen LogP contribution in [0.3, 0.4) is 0 Å². The van der Waals surface area contributed by atoms with E-state index in [1.807, 2.05) is 18.4 Å². The Morgan fingerprint density at radius 3 is 2.48 bits per heavy atom. The van der Waals surface area contributed by atoms with Crippen LogP contribution >= 0.6 is 23.4 Å². The molecule has 2 aromatic carbocycles. The molecule has 0 radical (unpaired) electrons. The number of aryl methyl sites for hydroxylation is 1. The first-order chi connectivity index (χ1) is 10.8. The van der Waals surface area contributed by atoms with Crippen molar-refractivity contribution in [2.24, 2.45) is 0 Å². The first kappa shape index (κ1) is 18.3. The minimum absolute atomic E-state index is 0.104. The number of halogens is 1. The van der Waals surface area contributed by atoms with Crippen LogP contribution in [0.4, 0.5) is 0 Å². The van der Waals surface area contributed by atoms with Crippen LogP contribution in [0.5, 0.6) is 0 Å². The summed E-state index contributed by atoms with van der Waals surface area (Å²) in [6.07, 6.45) is 1.05. The Morgan fingerprint density at radius 2 is 1.87 bits per heavy atom. The van der Waals surface area contributed by atoms with Crippen molar-refractivity contribution < 1.29 is 13.5 Å². The van der Waals surface area contributed by atoms with Gasteiger partial charge in [-0.3, -0.25) is 0 Å². The maximum atomic E-state index is 12.4. The van der Waals surface area contributed by atoms with E-state index in [4.69, 9.17) is 11.6 Å². The Hall–Kier alpha value is -1.05. The molecule has 0 saturated carbocycles. The molecule has 0 aromatic heterocycles. The molecule has 7 heteroatoms. The normalized spacial score (nSPS) is 13.0. The molecule has 1 atom stereocenters. The molecule has 0 heterocycles. The number of nitrogens with one attached hydrogen (secondary N) is 1. The van der Waals surface area contributed by atoms with Crippen molar-refractivity contribution in [3.8, 4) is 0 Å². The Morgan fingerprint density at radius 1 is 1.22 bits per heavy atom. The molecule has 124 valence electrons. The van der Waals surface area contributed by atoms with Crippen LogP contribution in [-0.4, -0.2) is 26.3 Å². The quantitative estimate of drug-likeness (QED) is 0.764. The highest BCUT2D eigenvalue weighted by atomic mass is 35.5. The second-order valence-electron chi connectivity index (χ2n) is 5.05. The van der Waals surface area contributed by atoms with Crippen molar-refractivity contribution in [3.63, 3.8) is 0 Å². The summed E-state index contributed by atoms with van der Waals surface area (Å²) >= 11 is 7.47. The average Bonchev–Trinajstić information content (AvgIpc) is 2.55. The van der Waals surface area contributed by atoms with Crippen molar-refractivity contribution >= 4 is 33.4 Å². The summed E-state index contributed by atoms with van der Waals surface area (Å²) in [5, 5.41) is 10.5. The van der Waals surface area contributed by atoms with Crippen LogP contribution in [-0.2, 0) is 10.0 Å². The molecule has 0 fully saturated rings. The van der Waals surface area contributed by atoms with Crippen LogP contribution in [0.15, 0.2) is 52.3 Å². The highest BCUT2D eigenvalue weighted by Crippen LogP contribution is 2.22. The van der Waals surface area contributed by atoms with Gasteiger partial charge in [-0.1, -0.05) is 29.8 Å². The molecule has 4 nitrogen and oxygen atoms in total. The maximum Gasteiger partial charge on any atom is 0.240 e. The molecule has 1 unspecified atom stereocenters. The molecule has 23 heavy (non-hydrogen) atoms. The summed E-state index contributed by atoms with van der Waals surface area (Å²) in [4.78, 5) is 1.20. The third-order valence-corrected chi connectivity index (χ3v) is 5.95. The lowest BCUT2D eigenvalue weighted by atomic mass is 10.1. The minimum atomic E-state index is -3.73. The summed E-state index contributed by atoms with van der Waals surface area (Å²) in [6, 6.07) is 12.0. The number of aliphatic hydroxyl groups excluding tert-OH is 1. The van der Waals surface area contributed by atoms with Gasteiger partial charge < -0.3 is 5.11 Å². The SMILES string of the molecule is CSc1ccc(C(O)CNS(=O)(=O)c2cc(Cl)ccc2C)cc1. The van der Waals surface area contributed by atoms with E-state index in [0.717, 1.165) is 4.90 Å². The Balaban J connectivity index is 2.10. The van der Waals surface area contributed by atoms with Crippen LogP contribution in [0.25, 0.3) is 0 Å². The van der Waals surface area contributed by atoms with E-state index < -0.39 is 16.1 Å². The predicted molar refractivity (Wildman–Crippen MR) is 94.6 cm³/mol. The molecule has 2 rings (SSSR count). The summed E-state index contributed by atoms with van der Waals surface area (Å²) < 4.78 is 27.1. The standard InChI is InChI=1S/C16H18ClNO3S2/c1-11-3-6-13(17)9-16(11)23(20,21)18-10-15(19)12-4-7-14(22-2)8-5-12/h3-9,15,18-19H,10H2,1-2H3. The third-order valence-electron chi connectivity index (χ3n) is 3.41. The van der Waals surface area contributed by atoms with Gasteiger partial charge >= 0.3 is 0 Å². The lowest BCUT2D eigenvalue weighted by molar-refractivity contribution is 0.182. The molecular formula is C16H18ClNO3S2. The minimum Gasteiger partial charge on any atom is -0.387 e. The molecule has 0 amide bonds. The van der Waals surface area contributed by atoms with Gasteiger partial charge in [0.2, 0.25) is 10.0 Å². The van der Waals surface area contributed by atoms with Crippen molar-refractivity contribution in [2.45, 2.75) is 22.8 Å². The van der Waals surface area contributed by atoms with Gasteiger partial charge in [0, 0.05) is 16.5 Å². The van der Waals surface area contributed by atoms with E-state index in [0.29, 0.717) is 16.1 Å². The molecule has 0 aliphatic heterocycles. The molecule has 0 saturated heterocycles. The van der Waals surface area contributed by atoms with Crippen molar-refractivity contribution in [1.82, 2.24) is 4.72 Å². The van der Waals surface area contributed by atoms with Gasteiger partial charge in [0.05, 0.1) is 11.0 Å². The van der Waals surface area contributed by atoms with Gasteiger partial charge in [-0.25, -0.2) is 13.1 Å². The molecule has 2 aromatic rings. The molecule has 2 N–H and O–H groups in total. The van der Waals surface area contributed by atoms with E-state index >= 15 is 0 Å². The number of sulfonamides is 1. The fourth-order valence-electron chi connectivity index (χ4n) is 2.07. The molecule has 0 spiro atoms. The van der Waals surface area contributed by atoms with E-state index in [-0.39, 0.29) is 11.4 Å². The Labute approximate surface area is 145 Å². The summed E-state index contributed by atoms with van der Waals surface area (Å²) in [5.41, 5.74) is 1.26. The van der Waals surface area contributed by atoms with Gasteiger partial charge in [0.25, 0.3) is 0 Å². The van der Waals surface area contributed by atoms with Gasteiger partial charge in [-0.2, -0.15) is 0 Å². The van der Waals surface area contributed by atoms with Gasteiger partial charge in [0.1, 0.15) is 0 Å². The van der Waals surface area contributed by atoms with E-state index in [2.05, 4.69) is 4.72 Å². The smallest absolute Gasteiger partial charge is 0.240 e. The lowest BCUT2D eigenvalue weighted by Gasteiger charge is -2.14. The van der Waals surface area contributed by atoms with E-state index in [1.165, 1.54) is 6.07 Å². The largest absolute Gasteiger partial charge is 0.387 e. The van der Waals surface area contributed by atoms with Crippen molar-refractivity contribution in [3.05, 3.63) is 58.6 Å². The number of aliphatic hydroxyl groups is 1. The zero-order valence-corrected chi connectivity index (χ0v) is 15.2. The van der Waals surface area contributed by atoms with Gasteiger partial charge in [0.15, 0.2) is 0 Å². The first-order valence-corrected chi connectivity index (χ1v) is 10.00. The number of hydrogen-bond acceptors (Lipinski definition) is 4. The fraction of sp³-hybridized carbons (Fsp3) is 0.250. The zero-order valence-electron chi connectivity index (χ0n) is 12.8. The second-order valence-corrected chi connectivity index (χ2v) is 8.10. The summed E-state index contributed by atoms with van der Waals surface area (Å²) in [5.74, 6) is 0.